The van der Waals surface area contributed by atoms with Gasteiger partial charge in [0.15, 0.2) is 0 Å². The van der Waals surface area contributed by atoms with Gasteiger partial charge in [-0.1, -0.05) is 0 Å². The molecule has 1 saturated heterocycles. The number of piperazine rings is 1. The SMILES string of the molecule is COc1ccc(C(=O)N2CCN(C(=O)c3ccc[nH]3)CC2)cc1. The van der Waals surface area contributed by atoms with Gasteiger partial charge in [0.05, 0.1) is 7.11 Å². The number of rotatable bonds is 3. The topological polar surface area (TPSA) is 65.6 Å². The molecule has 0 radical (unpaired) electrons. The lowest BCUT2D eigenvalue weighted by atomic mass is 10.1. The largest absolute Gasteiger partial charge is 0.497 e. The van der Waals surface area contributed by atoms with Gasteiger partial charge >= 0.3 is 0 Å². The van der Waals surface area contributed by atoms with Crippen molar-refractivity contribution in [1.29, 1.82) is 0 Å². The van der Waals surface area contributed by atoms with Gasteiger partial charge in [-0.15, -0.1) is 0 Å². The maximum absolute atomic E-state index is 12.5. The molecule has 6 heteroatoms. The van der Waals surface area contributed by atoms with Crippen LogP contribution in [0.3, 0.4) is 0 Å². The van der Waals surface area contributed by atoms with E-state index in [1.165, 1.54) is 0 Å². The molecule has 23 heavy (non-hydrogen) atoms. The fraction of sp³-hybridized carbons (Fsp3) is 0.294. The summed E-state index contributed by atoms with van der Waals surface area (Å²) in [7, 11) is 1.59. The smallest absolute Gasteiger partial charge is 0.270 e. The van der Waals surface area contributed by atoms with Crippen molar-refractivity contribution in [2.45, 2.75) is 0 Å². The van der Waals surface area contributed by atoms with Gasteiger partial charge in [-0.3, -0.25) is 9.59 Å². The lowest BCUT2D eigenvalue weighted by molar-refractivity contribution is 0.0532. The number of carbonyl (C=O) groups excluding carboxylic acids is 2. The molecule has 0 spiro atoms. The Kier molecular flexibility index (Phi) is 4.32. The van der Waals surface area contributed by atoms with Gasteiger partial charge in [0.2, 0.25) is 0 Å². The Labute approximate surface area is 134 Å². The second kappa shape index (κ2) is 6.56. The van der Waals surface area contributed by atoms with Crippen molar-refractivity contribution in [1.82, 2.24) is 14.8 Å². The molecule has 0 bridgehead atoms. The van der Waals surface area contributed by atoms with Crippen LogP contribution in [-0.4, -0.2) is 59.9 Å². The van der Waals surface area contributed by atoms with Crippen molar-refractivity contribution in [2.75, 3.05) is 33.3 Å². The van der Waals surface area contributed by atoms with Gasteiger partial charge in [0.25, 0.3) is 11.8 Å². The first-order chi connectivity index (χ1) is 11.2. The highest BCUT2D eigenvalue weighted by molar-refractivity contribution is 5.95. The van der Waals surface area contributed by atoms with E-state index in [9.17, 15) is 9.59 Å². The predicted molar refractivity (Wildman–Crippen MR) is 85.6 cm³/mol. The van der Waals surface area contributed by atoms with E-state index in [4.69, 9.17) is 4.74 Å². The van der Waals surface area contributed by atoms with Gasteiger partial charge in [-0.2, -0.15) is 0 Å². The average Bonchev–Trinajstić information content (AvgIpc) is 3.15. The number of hydrogen-bond acceptors (Lipinski definition) is 3. The van der Waals surface area contributed by atoms with E-state index in [0.717, 1.165) is 5.75 Å². The summed E-state index contributed by atoms with van der Waals surface area (Å²) in [5.41, 5.74) is 1.22. The fourth-order valence-electron chi connectivity index (χ4n) is 2.66. The average molecular weight is 313 g/mol. The van der Waals surface area contributed by atoms with E-state index in [2.05, 4.69) is 4.98 Å². The van der Waals surface area contributed by atoms with Crippen LogP contribution in [0.5, 0.6) is 5.75 Å². The number of nitrogens with zero attached hydrogens (tertiary/aromatic N) is 2. The molecule has 2 amide bonds. The standard InChI is InChI=1S/C17H19N3O3/c1-23-14-6-4-13(5-7-14)16(21)19-9-11-20(12-10-19)17(22)15-3-2-8-18-15/h2-8,18H,9-12H2,1H3. The number of amides is 2. The number of aromatic nitrogens is 1. The number of H-pyrrole nitrogens is 1. The monoisotopic (exact) mass is 313 g/mol. The number of benzene rings is 1. The number of carbonyl (C=O) groups is 2. The third-order valence-corrected chi connectivity index (χ3v) is 4.02. The quantitative estimate of drug-likeness (QED) is 0.936. The molecule has 2 heterocycles. The lowest BCUT2D eigenvalue weighted by Gasteiger charge is -2.34. The highest BCUT2D eigenvalue weighted by Gasteiger charge is 2.25. The lowest BCUT2D eigenvalue weighted by Crippen LogP contribution is -2.50. The summed E-state index contributed by atoms with van der Waals surface area (Å²) in [5.74, 6) is 0.689. The summed E-state index contributed by atoms with van der Waals surface area (Å²) >= 11 is 0. The Morgan fingerprint density at radius 3 is 2.09 bits per heavy atom. The van der Waals surface area contributed by atoms with Crippen molar-refractivity contribution >= 4 is 11.8 Å². The van der Waals surface area contributed by atoms with Crippen LogP contribution < -0.4 is 4.74 Å². The van der Waals surface area contributed by atoms with Crippen LogP contribution in [0, 0.1) is 0 Å². The summed E-state index contributed by atoms with van der Waals surface area (Å²) in [4.78, 5) is 31.2. The minimum Gasteiger partial charge on any atom is -0.497 e. The number of hydrogen-bond donors (Lipinski definition) is 1. The highest BCUT2D eigenvalue weighted by atomic mass is 16.5. The Morgan fingerprint density at radius 2 is 1.57 bits per heavy atom. The van der Waals surface area contributed by atoms with E-state index in [1.807, 2.05) is 0 Å². The van der Waals surface area contributed by atoms with E-state index in [1.54, 1.807) is 59.5 Å². The molecule has 1 aromatic carbocycles. The molecule has 2 aromatic rings. The molecule has 1 N–H and O–H groups in total. The van der Waals surface area contributed by atoms with E-state index in [-0.39, 0.29) is 11.8 Å². The molecule has 0 aliphatic carbocycles. The summed E-state index contributed by atoms with van der Waals surface area (Å²) in [5, 5.41) is 0. The molecule has 1 fully saturated rings. The summed E-state index contributed by atoms with van der Waals surface area (Å²) in [6.45, 7) is 2.16. The van der Waals surface area contributed by atoms with Gasteiger partial charge in [0.1, 0.15) is 11.4 Å². The fourth-order valence-corrected chi connectivity index (χ4v) is 2.66. The van der Waals surface area contributed by atoms with Crippen molar-refractivity contribution in [2.24, 2.45) is 0 Å². The Balaban J connectivity index is 1.59. The van der Waals surface area contributed by atoms with Crippen LogP contribution in [0.4, 0.5) is 0 Å². The summed E-state index contributed by atoms with van der Waals surface area (Å²) < 4.78 is 5.10. The first-order valence-electron chi connectivity index (χ1n) is 7.55. The van der Waals surface area contributed by atoms with Crippen LogP contribution in [0.15, 0.2) is 42.6 Å². The third kappa shape index (κ3) is 3.21. The zero-order chi connectivity index (χ0) is 16.2. The number of aromatic amines is 1. The minimum atomic E-state index is -0.0217. The van der Waals surface area contributed by atoms with Crippen LogP contribution in [0.2, 0.25) is 0 Å². The summed E-state index contributed by atoms with van der Waals surface area (Å²) in [6.07, 6.45) is 1.73. The van der Waals surface area contributed by atoms with Crippen molar-refractivity contribution in [3.63, 3.8) is 0 Å². The molecule has 0 atom stereocenters. The van der Waals surface area contributed by atoms with Gasteiger partial charge < -0.3 is 19.5 Å². The van der Waals surface area contributed by atoms with Crippen LogP contribution in [0.25, 0.3) is 0 Å². The van der Waals surface area contributed by atoms with Gasteiger partial charge in [0, 0.05) is 37.9 Å². The Hall–Kier alpha value is -2.76. The molecule has 3 rings (SSSR count). The molecule has 1 aliphatic heterocycles. The Bertz CT molecular complexity index is 672. The van der Waals surface area contributed by atoms with E-state index < -0.39 is 0 Å². The van der Waals surface area contributed by atoms with Crippen molar-refractivity contribution in [3.05, 3.63) is 53.9 Å². The molecule has 0 unspecified atom stereocenters. The molecule has 0 saturated carbocycles. The first-order valence-corrected chi connectivity index (χ1v) is 7.55. The van der Waals surface area contributed by atoms with Crippen LogP contribution in [0.1, 0.15) is 20.8 Å². The van der Waals surface area contributed by atoms with Crippen LogP contribution >= 0.6 is 0 Å². The third-order valence-electron chi connectivity index (χ3n) is 4.02. The number of nitrogens with one attached hydrogen (secondary N) is 1. The highest BCUT2D eigenvalue weighted by Crippen LogP contribution is 2.15. The minimum absolute atomic E-state index is 0.0142. The van der Waals surface area contributed by atoms with E-state index >= 15 is 0 Å². The zero-order valence-corrected chi connectivity index (χ0v) is 13.0. The normalized spacial score (nSPS) is 14.7. The second-order valence-corrected chi connectivity index (χ2v) is 5.40. The number of ether oxygens (including phenoxy) is 1. The Morgan fingerprint density at radius 1 is 0.957 bits per heavy atom. The number of methoxy groups -OCH3 is 1. The maximum atomic E-state index is 12.5. The second-order valence-electron chi connectivity index (χ2n) is 5.40. The molecular weight excluding hydrogens is 294 g/mol. The van der Waals surface area contributed by atoms with Crippen molar-refractivity contribution < 1.29 is 14.3 Å². The molecule has 1 aliphatic rings. The van der Waals surface area contributed by atoms with E-state index in [0.29, 0.717) is 37.4 Å². The molecule has 1 aromatic heterocycles. The molecule has 6 nitrogen and oxygen atoms in total. The predicted octanol–water partition coefficient (Wildman–Crippen LogP) is 1.62. The van der Waals surface area contributed by atoms with Gasteiger partial charge in [-0.25, -0.2) is 0 Å². The van der Waals surface area contributed by atoms with Crippen LogP contribution in [-0.2, 0) is 0 Å². The van der Waals surface area contributed by atoms with Crippen molar-refractivity contribution in [3.8, 4) is 5.75 Å². The maximum Gasteiger partial charge on any atom is 0.270 e. The van der Waals surface area contributed by atoms with Gasteiger partial charge in [-0.05, 0) is 36.4 Å². The molecule has 120 valence electrons. The summed E-state index contributed by atoms with van der Waals surface area (Å²) in [6, 6.07) is 10.6. The zero-order valence-electron chi connectivity index (χ0n) is 13.0. The molecular formula is C17H19N3O3. The first kappa shape index (κ1) is 15.1.